The van der Waals surface area contributed by atoms with Gasteiger partial charge in [0.25, 0.3) is 0 Å². The van der Waals surface area contributed by atoms with Crippen LogP contribution >= 0.6 is 22.9 Å². The summed E-state index contributed by atoms with van der Waals surface area (Å²) in [6, 6.07) is 9.12. The Morgan fingerprint density at radius 2 is 1.87 bits per heavy atom. The van der Waals surface area contributed by atoms with Crippen molar-refractivity contribution >= 4 is 33.2 Å². The topological polar surface area (TPSA) is 87.8 Å². The van der Waals surface area contributed by atoms with Crippen LogP contribution in [0, 0.1) is 6.92 Å². The lowest BCUT2D eigenvalue weighted by atomic mass is 10.1. The van der Waals surface area contributed by atoms with Gasteiger partial charge in [0.2, 0.25) is 11.7 Å². The van der Waals surface area contributed by atoms with Crippen LogP contribution in [0.5, 0.6) is 5.75 Å². The van der Waals surface area contributed by atoms with Gasteiger partial charge in [0.15, 0.2) is 0 Å². The highest BCUT2D eigenvalue weighted by Gasteiger charge is 2.33. The number of aromatic nitrogens is 3. The molecule has 1 aliphatic heterocycles. The van der Waals surface area contributed by atoms with Crippen molar-refractivity contribution in [3.8, 4) is 17.1 Å². The average molecular weight is 568 g/mol. The second-order valence-corrected chi connectivity index (χ2v) is 10.8. The molecular weight excluding hydrogens is 543 g/mol. The van der Waals surface area contributed by atoms with E-state index >= 15 is 0 Å². The molecule has 1 saturated heterocycles. The first-order valence-electron chi connectivity index (χ1n) is 12.0. The number of aliphatic hydroxyl groups is 1. The number of rotatable bonds is 8. The first-order chi connectivity index (χ1) is 18.1. The average Bonchev–Trinajstić information content (AvgIpc) is 3.48. The summed E-state index contributed by atoms with van der Waals surface area (Å²) in [5, 5.41) is 14.9. The van der Waals surface area contributed by atoms with Crippen molar-refractivity contribution in [2.75, 3.05) is 39.3 Å². The summed E-state index contributed by atoms with van der Waals surface area (Å²) in [7, 11) is 0. The molecule has 1 fully saturated rings. The van der Waals surface area contributed by atoms with E-state index in [-0.39, 0.29) is 12.4 Å². The molecule has 4 aromatic rings. The van der Waals surface area contributed by atoms with Gasteiger partial charge in [0.1, 0.15) is 18.5 Å². The zero-order valence-corrected chi connectivity index (χ0v) is 22.0. The summed E-state index contributed by atoms with van der Waals surface area (Å²) in [6.07, 6.45) is -5.16. The van der Waals surface area contributed by atoms with Crippen molar-refractivity contribution < 1.29 is 27.5 Å². The maximum atomic E-state index is 12.9. The van der Waals surface area contributed by atoms with Crippen molar-refractivity contribution in [3.05, 3.63) is 57.9 Å². The van der Waals surface area contributed by atoms with E-state index in [0.717, 1.165) is 47.5 Å². The third kappa shape index (κ3) is 6.44. The summed E-state index contributed by atoms with van der Waals surface area (Å²) in [4.78, 5) is 13.1. The van der Waals surface area contributed by atoms with Crippen molar-refractivity contribution in [2.45, 2.75) is 25.7 Å². The third-order valence-corrected chi connectivity index (χ3v) is 7.47. The Hall–Kier alpha value is -2.77. The van der Waals surface area contributed by atoms with Gasteiger partial charge in [0, 0.05) is 44.4 Å². The number of ether oxygens (including phenoxy) is 1. The molecule has 1 aliphatic rings. The summed E-state index contributed by atoms with van der Waals surface area (Å²) in [5.74, 6) is 1.23. The highest BCUT2D eigenvalue weighted by molar-refractivity contribution is 7.18. The lowest BCUT2D eigenvalue weighted by molar-refractivity contribution is -0.137. The molecular formula is C25H25ClF3N5O3S. The normalized spacial score (nSPS) is 16.3. The first-order valence-corrected chi connectivity index (χ1v) is 13.2. The van der Waals surface area contributed by atoms with Crippen LogP contribution in [-0.4, -0.2) is 75.5 Å². The molecule has 13 heteroatoms. The number of piperazine rings is 1. The van der Waals surface area contributed by atoms with Crippen LogP contribution < -0.4 is 4.74 Å². The van der Waals surface area contributed by atoms with E-state index in [0.29, 0.717) is 30.3 Å². The number of hydrogen-bond donors (Lipinski definition) is 1. The van der Waals surface area contributed by atoms with E-state index in [1.807, 2.05) is 25.1 Å². The molecule has 0 saturated carbocycles. The maximum Gasteiger partial charge on any atom is 0.417 e. The predicted molar refractivity (Wildman–Crippen MR) is 137 cm³/mol. The van der Waals surface area contributed by atoms with E-state index in [1.165, 1.54) is 12.1 Å². The molecule has 0 amide bonds. The number of alkyl halides is 3. The molecule has 0 aliphatic carbocycles. The fraction of sp³-hybridized carbons (Fsp3) is 0.400. The molecule has 0 radical (unpaired) electrons. The van der Waals surface area contributed by atoms with Crippen molar-refractivity contribution in [3.63, 3.8) is 0 Å². The number of aryl methyl sites for hydroxylation is 1. The zero-order valence-electron chi connectivity index (χ0n) is 20.4. The lowest BCUT2D eigenvalue weighted by Crippen LogP contribution is -2.48. The number of fused-ring (bicyclic) bond motifs is 1. The van der Waals surface area contributed by atoms with Gasteiger partial charge in [-0.3, -0.25) is 9.80 Å². The number of halogens is 4. The van der Waals surface area contributed by atoms with E-state index in [9.17, 15) is 18.3 Å². The second-order valence-electron chi connectivity index (χ2n) is 9.11. The quantitative estimate of drug-likeness (QED) is 0.322. The largest absolute Gasteiger partial charge is 0.491 e. The summed E-state index contributed by atoms with van der Waals surface area (Å²) >= 11 is 7.43. The van der Waals surface area contributed by atoms with Crippen LogP contribution in [-0.2, 0) is 12.7 Å². The standard InChI is InChI=1S/C25H25ClF3N5O3S/c1-15-30-21-11-18(3-5-22(21)38-15)36-14-17(35)12-33-6-8-34(9-7-33)13-23-31-24(32-37-23)16-2-4-19(20(26)10-16)25(27,28)29/h2-5,10-11,17,35H,6-9,12-14H2,1H3/t17-/m0/s1. The van der Waals surface area contributed by atoms with E-state index < -0.39 is 22.9 Å². The Labute approximate surface area is 225 Å². The van der Waals surface area contributed by atoms with Crippen LogP contribution in [0.3, 0.4) is 0 Å². The van der Waals surface area contributed by atoms with Crippen molar-refractivity contribution in [2.24, 2.45) is 0 Å². The van der Waals surface area contributed by atoms with Gasteiger partial charge in [-0.25, -0.2) is 4.98 Å². The van der Waals surface area contributed by atoms with Gasteiger partial charge >= 0.3 is 6.18 Å². The summed E-state index contributed by atoms with van der Waals surface area (Å²) in [5.41, 5.74) is 0.334. The monoisotopic (exact) mass is 567 g/mol. The Kier molecular flexibility index (Phi) is 7.87. The molecule has 1 atom stereocenters. The Balaban J connectivity index is 1.07. The van der Waals surface area contributed by atoms with Crippen LogP contribution in [0.2, 0.25) is 5.02 Å². The number of nitrogens with zero attached hydrogens (tertiary/aromatic N) is 5. The molecule has 0 bridgehead atoms. The lowest BCUT2D eigenvalue weighted by Gasteiger charge is -2.34. The molecule has 3 heterocycles. The second kappa shape index (κ2) is 11.1. The molecule has 202 valence electrons. The minimum absolute atomic E-state index is 0.182. The molecule has 0 spiro atoms. The third-order valence-electron chi connectivity index (χ3n) is 6.20. The highest BCUT2D eigenvalue weighted by Crippen LogP contribution is 2.36. The Bertz CT molecular complexity index is 1400. The SMILES string of the molecule is Cc1nc2cc(OC[C@@H](O)CN3CCN(Cc4nc(-c5ccc(C(F)(F)F)c(Cl)c5)no4)CC3)ccc2s1. The van der Waals surface area contributed by atoms with Gasteiger partial charge in [-0.2, -0.15) is 18.2 Å². The van der Waals surface area contributed by atoms with Crippen LogP contribution in [0.4, 0.5) is 13.2 Å². The minimum atomic E-state index is -4.53. The van der Waals surface area contributed by atoms with Crippen LogP contribution in [0.25, 0.3) is 21.6 Å². The summed E-state index contributed by atoms with van der Waals surface area (Å²) in [6.45, 7) is 6.02. The smallest absolute Gasteiger partial charge is 0.417 e. The van der Waals surface area contributed by atoms with E-state index in [2.05, 4.69) is 24.9 Å². The number of benzene rings is 2. The Morgan fingerprint density at radius 3 is 2.61 bits per heavy atom. The number of hydrogen-bond acceptors (Lipinski definition) is 9. The zero-order chi connectivity index (χ0) is 26.9. The van der Waals surface area contributed by atoms with Gasteiger partial charge < -0.3 is 14.4 Å². The summed E-state index contributed by atoms with van der Waals surface area (Å²) < 4.78 is 51.0. The van der Waals surface area contributed by atoms with Gasteiger partial charge in [-0.15, -0.1) is 11.3 Å². The van der Waals surface area contributed by atoms with Crippen molar-refractivity contribution in [1.29, 1.82) is 0 Å². The van der Waals surface area contributed by atoms with Gasteiger partial charge in [0.05, 0.1) is 32.4 Å². The van der Waals surface area contributed by atoms with E-state index in [4.69, 9.17) is 20.9 Å². The van der Waals surface area contributed by atoms with E-state index in [1.54, 1.807) is 11.3 Å². The maximum absolute atomic E-state index is 12.9. The molecule has 38 heavy (non-hydrogen) atoms. The van der Waals surface area contributed by atoms with Crippen molar-refractivity contribution in [1.82, 2.24) is 24.9 Å². The number of thiazole rings is 1. The van der Waals surface area contributed by atoms with Gasteiger partial charge in [-0.1, -0.05) is 22.8 Å². The number of aliphatic hydroxyl groups excluding tert-OH is 1. The Morgan fingerprint density at radius 1 is 1.11 bits per heavy atom. The molecule has 0 unspecified atom stereocenters. The van der Waals surface area contributed by atoms with Crippen LogP contribution in [0.15, 0.2) is 40.9 Å². The predicted octanol–water partition coefficient (Wildman–Crippen LogP) is 4.88. The van der Waals surface area contributed by atoms with Crippen LogP contribution in [0.1, 0.15) is 16.5 Å². The first kappa shape index (κ1) is 26.8. The molecule has 2 aromatic carbocycles. The van der Waals surface area contributed by atoms with Gasteiger partial charge in [-0.05, 0) is 31.2 Å². The molecule has 1 N–H and O–H groups in total. The highest BCUT2D eigenvalue weighted by atomic mass is 35.5. The fourth-order valence-electron chi connectivity index (χ4n) is 4.30. The minimum Gasteiger partial charge on any atom is -0.491 e. The molecule has 5 rings (SSSR count). The number of β-amino-alcohol motifs (C(OH)–C–C–N with tert-alkyl or cyclic N) is 1. The molecule has 8 nitrogen and oxygen atoms in total. The molecule has 2 aromatic heterocycles. The fourth-order valence-corrected chi connectivity index (χ4v) is 5.39.